The smallest absolute Gasteiger partial charge is 0.407 e. The molecule has 2 aliphatic rings. The predicted octanol–water partition coefficient (Wildman–Crippen LogP) is 4.84. The highest BCUT2D eigenvalue weighted by Gasteiger charge is 2.37. The summed E-state index contributed by atoms with van der Waals surface area (Å²) >= 11 is 0. The van der Waals surface area contributed by atoms with E-state index in [9.17, 15) is 19.5 Å². The SMILES string of the molecule is CCCC(C)(NC(=O)C[C@@H]1CCC[C@H]1NC(=O)OCC1c2ccccc2-c2ccccc21)C(=O)O. The Labute approximate surface area is 206 Å². The Kier molecular flexibility index (Phi) is 7.43. The van der Waals surface area contributed by atoms with Gasteiger partial charge in [-0.05, 0) is 54.4 Å². The molecule has 0 aromatic heterocycles. The molecule has 35 heavy (non-hydrogen) atoms. The van der Waals surface area contributed by atoms with E-state index in [4.69, 9.17) is 4.74 Å². The van der Waals surface area contributed by atoms with Crippen LogP contribution in [0.1, 0.15) is 69.4 Å². The minimum absolute atomic E-state index is 0.00874. The van der Waals surface area contributed by atoms with E-state index >= 15 is 0 Å². The van der Waals surface area contributed by atoms with Crippen molar-refractivity contribution in [2.75, 3.05) is 6.61 Å². The number of rotatable bonds is 9. The van der Waals surface area contributed by atoms with Crippen molar-refractivity contribution in [1.82, 2.24) is 10.6 Å². The summed E-state index contributed by atoms with van der Waals surface area (Å²) in [6.07, 6.45) is 3.19. The molecule has 1 fully saturated rings. The van der Waals surface area contributed by atoms with Gasteiger partial charge in [-0.3, -0.25) is 4.79 Å². The molecule has 2 aliphatic carbocycles. The van der Waals surface area contributed by atoms with Gasteiger partial charge in [0.2, 0.25) is 5.91 Å². The second-order valence-electron chi connectivity index (χ2n) is 9.91. The number of fused-ring (bicyclic) bond motifs is 3. The van der Waals surface area contributed by atoms with Crippen LogP contribution in [0.3, 0.4) is 0 Å². The maximum atomic E-state index is 12.7. The molecule has 7 heteroatoms. The molecule has 7 nitrogen and oxygen atoms in total. The van der Waals surface area contributed by atoms with Crippen molar-refractivity contribution < 1.29 is 24.2 Å². The standard InChI is InChI=1S/C28H34N2O5/c1-3-15-28(2,26(32)33)30-25(31)16-18-9-8-14-24(18)29-27(34)35-17-23-21-12-6-4-10-19(21)20-11-5-7-13-22(20)23/h4-7,10-13,18,23-24H,3,8-9,14-17H2,1-2H3,(H,29,34)(H,30,31)(H,32,33)/t18-,24+,28?/m0/s1. The largest absolute Gasteiger partial charge is 0.480 e. The van der Waals surface area contributed by atoms with Crippen LogP contribution in [0.25, 0.3) is 11.1 Å². The Morgan fingerprint density at radius 1 is 1.03 bits per heavy atom. The minimum Gasteiger partial charge on any atom is -0.480 e. The van der Waals surface area contributed by atoms with Crippen molar-refractivity contribution in [3.63, 3.8) is 0 Å². The highest BCUT2D eigenvalue weighted by atomic mass is 16.5. The molecule has 186 valence electrons. The molecule has 0 spiro atoms. The maximum Gasteiger partial charge on any atom is 0.407 e. The maximum absolute atomic E-state index is 12.7. The third-order valence-electron chi connectivity index (χ3n) is 7.39. The summed E-state index contributed by atoms with van der Waals surface area (Å²) < 4.78 is 5.67. The third kappa shape index (κ3) is 5.34. The zero-order valence-corrected chi connectivity index (χ0v) is 20.4. The lowest BCUT2D eigenvalue weighted by Gasteiger charge is -2.27. The van der Waals surface area contributed by atoms with Gasteiger partial charge in [-0.2, -0.15) is 0 Å². The summed E-state index contributed by atoms with van der Waals surface area (Å²) in [5, 5.41) is 15.2. The van der Waals surface area contributed by atoms with Crippen LogP contribution in [0.2, 0.25) is 0 Å². The first-order valence-corrected chi connectivity index (χ1v) is 12.5. The number of hydrogen-bond donors (Lipinski definition) is 3. The van der Waals surface area contributed by atoms with Crippen molar-refractivity contribution in [2.45, 2.75) is 69.9 Å². The number of carbonyl (C=O) groups excluding carboxylic acids is 2. The Morgan fingerprint density at radius 3 is 2.26 bits per heavy atom. The first kappa shape index (κ1) is 24.8. The van der Waals surface area contributed by atoms with Gasteiger partial charge in [-0.15, -0.1) is 0 Å². The first-order chi connectivity index (χ1) is 16.8. The molecule has 0 aliphatic heterocycles. The molecule has 3 atom stereocenters. The molecule has 2 aromatic rings. The molecular formula is C28H34N2O5. The number of nitrogens with one attached hydrogen (secondary N) is 2. The number of alkyl carbamates (subject to hydrolysis) is 1. The highest BCUT2D eigenvalue weighted by molar-refractivity contribution is 5.86. The van der Waals surface area contributed by atoms with Crippen LogP contribution in [0.4, 0.5) is 4.79 Å². The number of carboxylic acid groups (broad SMARTS) is 1. The molecule has 0 heterocycles. The van der Waals surface area contributed by atoms with Crippen LogP contribution in [0.5, 0.6) is 0 Å². The van der Waals surface area contributed by atoms with Crippen molar-refractivity contribution in [1.29, 1.82) is 0 Å². The van der Waals surface area contributed by atoms with Crippen LogP contribution in [0, 0.1) is 5.92 Å². The number of carboxylic acids is 1. The Morgan fingerprint density at radius 2 is 1.66 bits per heavy atom. The molecule has 4 rings (SSSR count). The fourth-order valence-electron chi connectivity index (χ4n) is 5.58. The van der Waals surface area contributed by atoms with Gasteiger partial charge in [0.05, 0.1) is 0 Å². The molecule has 1 unspecified atom stereocenters. The highest BCUT2D eigenvalue weighted by Crippen LogP contribution is 2.44. The molecule has 0 saturated heterocycles. The van der Waals surface area contributed by atoms with E-state index in [1.807, 2.05) is 31.2 Å². The lowest BCUT2D eigenvalue weighted by atomic mass is 9.94. The van der Waals surface area contributed by atoms with Crippen molar-refractivity contribution >= 4 is 18.0 Å². The zero-order chi connectivity index (χ0) is 25.0. The van der Waals surface area contributed by atoms with Crippen LogP contribution in [-0.4, -0.2) is 41.3 Å². The number of aliphatic carboxylic acids is 1. The zero-order valence-electron chi connectivity index (χ0n) is 20.4. The van der Waals surface area contributed by atoms with Crippen LogP contribution >= 0.6 is 0 Å². The molecular weight excluding hydrogens is 444 g/mol. The van der Waals surface area contributed by atoms with E-state index in [2.05, 4.69) is 34.9 Å². The van der Waals surface area contributed by atoms with Gasteiger partial charge in [0.15, 0.2) is 0 Å². The summed E-state index contributed by atoms with van der Waals surface area (Å²) in [7, 11) is 0. The quantitative estimate of drug-likeness (QED) is 0.478. The lowest BCUT2D eigenvalue weighted by molar-refractivity contribution is -0.147. The van der Waals surface area contributed by atoms with Crippen LogP contribution in [-0.2, 0) is 14.3 Å². The topological polar surface area (TPSA) is 105 Å². The van der Waals surface area contributed by atoms with Crippen molar-refractivity contribution in [3.8, 4) is 11.1 Å². The van der Waals surface area contributed by atoms with Gasteiger partial charge >= 0.3 is 12.1 Å². The van der Waals surface area contributed by atoms with E-state index in [-0.39, 0.29) is 36.8 Å². The van der Waals surface area contributed by atoms with E-state index in [1.54, 1.807) is 0 Å². The summed E-state index contributed by atoms with van der Waals surface area (Å²) in [4.78, 5) is 37.0. The Hall–Kier alpha value is -3.35. The van der Waals surface area contributed by atoms with Crippen LogP contribution < -0.4 is 10.6 Å². The van der Waals surface area contributed by atoms with E-state index in [0.717, 1.165) is 30.4 Å². The third-order valence-corrected chi connectivity index (χ3v) is 7.39. The molecule has 2 amide bonds. The van der Waals surface area contributed by atoms with Gasteiger partial charge in [-0.1, -0.05) is 68.3 Å². The molecule has 2 aromatic carbocycles. The van der Waals surface area contributed by atoms with Crippen LogP contribution in [0.15, 0.2) is 48.5 Å². The Balaban J connectivity index is 1.33. The van der Waals surface area contributed by atoms with Gasteiger partial charge in [0.25, 0.3) is 0 Å². The second-order valence-corrected chi connectivity index (χ2v) is 9.91. The summed E-state index contributed by atoms with van der Waals surface area (Å²) in [6.45, 7) is 3.67. The fraction of sp³-hybridized carbons (Fsp3) is 0.464. The number of benzene rings is 2. The van der Waals surface area contributed by atoms with Crippen molar-refractivity contribution in [2.24, 2.45) is 5.92 Å². The molecule has 0 bridgehead atoms. The predicted molar refractivity (Wildman–Crippen MR) is 133 cm³/mol. The average Bonchev–Trinajstić information content (AvgIpc) is 3.39. The van der Waals surface area contributed by atoms with Gasteiger partial charge in [0.1, 0.15) is 12.1 Å². The monoisotopic (exact) mass is 478 g/mol. The van der Waals surface area contributed by atoms with E-state index < -0.39 is 17.6 Å². The number of carbonyl (C=O) groups is 3. The van der Waals surface area contributed by atoms with Gasteiger partial charge < -0.3 is 20.5 Å². The van der Waals surface area contributed by atoms with E-state index in [1.165, 1.54) is 18.1 Å². The second kappa shape index (κ2) is 10.5. The summed E-state index contributed by atoms with van der Waals surface area (Å²) in [5.74, 6) is -1.39. The first-order valence-electron chi connectivity index (χ1n) is 12.5. The molecule has 0 radical (unpaired) electrons. The molecule has 3 N–H and O–H groups in total. The molecule has 1 saturated carbocycles. The fourth-order valence-corrected chi connectivity index (χ4v) is 5.58. The lowest BCUT2D eigenvalue weighted by Crippen LogP contribution is -2.52. The summed E-state index contributed by atoms with van der Waals surface area (Å²) in [5.41, 5.74) is 3.39. The normalized spacial score (nSPS) is 20.4. The van der Waals surface area contributed by atoms with Gasteiger partial charge in [0, 0.05) is 18.4 Å². The number of hydrogen-bond acceptors (Lipinski definition) is 4. The summed E-state index contributed by atoms with van der Waals surface area (Å²) in [6, 6.07) is 16.2. The number of ether oxygens (including phenoxy) is 1. The Bertz CT molecular complexity index is 1050. The minimum atomic E-state index is -1.28. The van der Waals surface area contributed by atoms with E-state index in [0.29, 0.717) is 12.8 Å². The van der Waals surface area contributed by atoms with Gasteiger partial charge in [-0.25, -0.2) is 9.59 Å². The number of amides is 2. The van der Waals surface area contributed by atoms with Crippen molar-refractivity contribution in [3.05, 3.63) is 59.7 Å². The average molecular weight is 479 g/mol.